The molecule has 11 heteroatoms. The summed E-state index contributed by atoms with van der Waals surface area (Å²) in [4.78, 5) is 25.6. The van der Waals surface area contributed by atoms with Crippen molar-refractivity contribution in [2.75, 3.05) is 54.5 Å². The molecule has 3 aromatic rings. The molecule has 2 saturated heterocycles. The van der Waals surface area contributed by atoms with Gasteiger partial charge < -0.3 is 19.9 Å². The molecule has 0 spiro atoms. The summed E-state index contributed by atoms with van der Waals surface area (Å²) in [5, 5.41) is 3.98. The van der Waals surface area contributed by atoms with Crippen LogP contribution in [0.3, 0.4) is 0 Å². The number of fused-ring (bicyclic) bond motifs is 1. The number of piperidine rings is 1. The van der Waals surface area contributed by atoms with Crippen molar-refractivity contribution in [1.29, 1.82) is 0 Å². The van der Waals surface area contributed by atoms with E-state index in [1.54, 1.807) is 11.3 Å². The Hall–Kier alpha value is -2.92. The number of carbonyl (C=O) groups excluding carboxylic acids is 1. The van der Waals surface area contributed by atoms with E-state index in [0.717, 1.165) is 46.4 Å². The fourth-order valence-electron chi connectivity index (χ4n) is 4.24. The van der Waals surface area contributed by atoms with Crippen molar-refractivity contribution >= 4 is 44.1 Å². The quantitative estimate of drug-likeness (QED) is 0.584. The molecule has 2 aromatic heterocycles. The van der Waals surface area contributed by atoms with Gasteiger partial charge in [-0.05, 0) is 43.2 Å². The lowest BCUT2D eigenvalue weighted by Crippen LogP contribution is -2.38. The molecule has 5 rings (SSSR count). The number of nitrogens with zero attached hydrogens (tertiary/aromatic N) is 4. The molecule has 1 aromatic carbocycles. The van der Waals surface area contributed by atoms with Crippen LogP contribution in [0, 0.1) is 5.92 Å². The van der Waals surface area contributed by atoms with E-state index < -0.39 is 11.7 Å². The van der Waals surface area contributed by atoms with Crippen LogP contribution < -0.4 is 15.1 Å². The van der Waals surface area contributed by atoms with Crippen molar-refractivity contribution in [3.8, 4) is 0 Å². The SMILES string of the molecule is O=C(Nc1ccc2nc(N3CCOCC3)sc2c1)C1CCN(c2ccc(C(F)(F)F)cn2)CC1. The first-order chi connectivity index (χ1) is 16.4. The van der Waals surface area contributed by atoms with Crippen LogP contribution in [0.1, 0.15) is 18.4 Å². The number of ether oxygens (including phenoxy) is 1. The van der Waals surface area contributed by atoms with Crippen LogP contribution in [-0.2, 0) is 15.7 Å². The summed E-state index contributed by atoms with van der Waals surface area (Å²) in [6, 6.07) is 8.17. The van der Waals surface area contributed by atoms with E-state index in [9.17, 15) is 18.0 Å². The molecule has 0 saturated carbocycles. The number of rotatable bonds is 4. The van der Waals surface area contributed by atoms with E-state index in [1.807, 2.05) is 23.1 Å². The van der Waals surface area contributed by atoms with Crippen molar-refractivity contribution in [1.82, 2.24) is 9.97 Å². The molecular formula is C23H24F3N5O2S. The molecule has 1 amide bonds. The molecule has 2 fully saturated rings. The Morgan fingerprint density at radius 3 is 2.50 bits per heavy atom. The highest BCUT2D eigenvalue weighted by Gasteiger charge is 2.31. The van der Waals surface area contributed by atoms with Crippen molar-refractivity contribution in [2.24, 2.45) is 5.92 Å². The summed E-state index contributed by atoms with van der Waals surface area (Å²) in [5.41, 5.74) is 0.879. The van der Waals surface area contributed by atoms with E-state index >= 15 is 0 Å². The number of amides is 1. The van der Waals surface area contributed by atoms with Crippen LogP contribution in [-0.4, -0.2) is 55.3 Å². The molecule has 2 aliphatic heterocycles. The van der Waals surface area contributed by atoms with Gasteiger partial charge >= 0.3 is 6.18 Å². The molecule has 2 aliphatic rings. The van der Waals surface area contributed by atoms with Crippen LogP contribution in [0.15, 0.2) is 36.5 Å². The second-order valence-electron chi connectivity index (χ2n) is 8.43. The van der Waals surface area contributed by atoms with E-state index in [1.165, 1.54) is 6.07 Å². The number of hydrogen-bond donors (Lipinski definition) is 1. The van der Waals surface area contributed by atoms with Gasteiger partial charge in [0.2, 0.25) is 5.91 Å². The lowest BCUT2D eigenvalue weighted by molar-refractivity contribution is -0.137. The van der Waals surface area contributed by atoms with Gasteiger partial charge in [-0.3, -0.25) is 4.79 Å². The van der Waals surface area contributed by atoms with E-state index in [-0.39, 0.29) is 11.8 Å². The Morgan fingerprint density at radius 1 is 1.06 bits per heavy atom. The monoisotopic (exact) mass is 491 g/mol. The Bertz CT molecular complexity index is 1150. The summed E-state index contributed by atoms with van der Waals surface area (Å²) < 4.78 is 44.7. The molecule has 0 bridgehead atoms. The number of carbonyl (C=O) groups is 1. The first-order valence-corrected chi connectivity index (χ1v) is 12.0. The number of aromatic nitrogens is 2. The number of nitrogens with one attached hydrogen (secondary N) is 1. The zero-order valence-corrected chi connectivity index (χ0v) is 19.2. The molecule has 34 heavy (non-hydrogen) atoms. The van der Waals surface area contributed by atoms with Crippen LogP contribution >= 0.6 is 11.3 Å². The van der Waals surface area contributed by atoms with Gasteiger partial charge in [0.05, 0.1) is 29.0 Å². The first kappa shape index (κ1) is 22.9. The highest BCUT2D eigenvalue weighted by molar-refractivity contribution is 7.22. The van der Waals surface area contributed by atoms with Crippen molar-refractivity contribution in [3.05, 3.63) is 42.1 Å². The molecule has 4 heterocycles. The normalized spacial score (nSPS) is 17.9. The van der Waals surface area contributed by atoms with E-state index in [0.29, 0.717) is 45.0 Å². The summed E-state index contributed by atoms with van der Waals surface area (Å²) in [6.45, 7) is 4.17. The maximum absolute atomic E-state index is 12.8. The molecule has 0 aliphatic carbocycles. The van der Waals surface area contributed by atoms with Gasteiger partial charge in [0.1, 0.15) is 5.82 Å². The summed E-state index contributed by atoms with van der Waals surface area (Å²) in [6.07, 6.45) is -2.33. The second kappa shape index (κ2) is 9.38. The molecule has 0 atom stereocenters. The number of thiazole rings is 1. The van der Waals surface area contributed by atoms with Crippen LogP contribution in [0.25, 0.3) is 10.2 Å². The Labute approximate surface area is 198 Å². The third-order valence-corrected chi connectivity index (χ3v) is 7.27. The van der Waals surface area contributed by atoms with Gasteiger partial charge in [0.15, 0.2) is 5.13 Å². The van der Waals surface area contributed by atoms with E-state index in [2.05, 4.69) is 15.2 Å². The van der Waals surface area contributed by atoms with Gasteiger partial charge in [-0.1, -0.05) is 11.3 Å². The fourth-order valence-corrected chi connectivity index (χ4v) is 5.29. The maximum atomic E-state index is 12.8. The van der Waals surface area contributed by atoms with Gasteiger partial charge in [-0.25, -0.2) is 9.97 Å². The highest BCUT2D eigenvalue weighted by Crippen LogP contribution is 2.32. The molecule has 0 radical (unpaired) electrons. The number of pyridine rings is 1. The third kappa shape index (κ3) is 4.95. The number of benzene rings is 1. The van der Waals surface area contributed by atoms with Crippen LogP contribution in [0.2, 0.25) is 0 Å². The molecule has 1 N–H and O–H groups in total. The van der Waals surface area contributed by atoms with Gasteiger partial charge in [0, 0.05) is 44.0 Å². The second-order valence-corrected chi connectivity index (χ2v) is 9.44. The van der Waals surface area contributed by atoms with Gasteiger partial charge in [-0.15, -0.1) is 0 Å². The average Bonchev–Trinajstić information content (AvgIpc) is 3.28. The lowest BCUT2D eigenvalue weighted by atomic mass is 9.95. The zero-order chi connectivity index (χ0) is 23.7. The van der Waals surface area contributed by atoms with Gasteiger partial charge in [0.25, 0.3) is 0 Å². The summed E-state index contributed by atoms with van der Waals surface area (Å²) in [7, 11) is 0. The smallest absolute Gasteiger partial charge is 0.378 e. The topological polar surface area (TPSA) is 70.6 Å². The van der Waals surface area contributed by atoms with E-state index in [4.69, 9.17) is 9.72 Å². The lowest BCUT2D eigenvalue weighted by Gasteiger charge is -2.32. The third-order valence-electron chi connectivity index (χ3n) is 6.19. The van der Waals surface area contributed by atoms with Crippen LogP contribution in [0.5, 0.6) is 0 Å². The first-order valence-electron chi connectivity index (χ1n) is 11.2. The average molecular weight is 492 g/mol. The predicted molar refractivity (Wildman–Crippen MR) is 125 cm³/mol. The van der Waals surface area contributed by atoms with Crippen molar-refractivity contribution in [2.45, 2.75) is 19.0 Å². The fraction of sp³-hybridized carbons (Fsp3) is 0.435. The number of halogens is 3. The zero-order valence-electron chi connectivity index (χ0n) is 18.3. The van der Waals surface area contributed by atoms with Crippen LogP contribution in [0.4, 0.5) is 29.8 Å². The largest absolute Gasteiger partial charge is 0.417 e. The predicted octanol–water partition coefficient (Wildman–Crippen LogP) is 4.40. The molecule has 0 unspecified atom stereocenters. The molecule has 7 nitrogen and oxygen atoms in total. The summed E-state index contributed by atoms with van der Waals surface area (Å²) >= 11 is 1.60. The summed E-state index contributed by atoms with van der Waals surface area (Å²) in [5.74, 6) is 0.294. The minimum atomic E-state index is -4.40. The van der Waals surface area contributed by atoms with Crippen molar-refractivity contribution < 1.29 is 22.7 Å². The number of hydrogen-bond acceptors (Lipinski definition) is 7. The molecule has 180 valence electrons. The Balaban J connectivity index is 1.18. The minimum absolute atomic E-state index is 0.0442. The number of morpholine rings is 1. The van der Waals surface area contributed by atoms with Crippen molar-refractivity contribution in [3.63, 3.8) is 0 Å². The standard InChI is InChI=1S/C23H24F3N5O2S/c24-23(25,26)16-1-4-20(27-14-16)30-7-5-15(6-8-30)21(32)28-17-2-3-18-19(13-17)34-22(29-18)31-9-11-33-12-10-31/h1-4,13-15H,5-12H2,(H,28,32). The Morgan fingerprint density at radius 2 is 1.82 bits per heavy atom. The maximum Gasteiger partial charge on any atom is 0.417 e. The molecular weight excluding hydrogens is 467 g/mol. The van der Waals surface area contributed by atoms with Gasteiger partial charge in [-0.2, -0.15) is 13.2 Å². The minimum Gasteiger partial charge on any atom is -0.378 e. The number of alkyl halides is 3. The number of anilines is 3. The highest BCUT2D eigenvalue weighted by atomic mass is 32.1. The Kier molecular flexibility index (Phi) is 6.30.